The molecular weight excluding hydrogens is 322 g/mol. The molecule has 0 aromatic carbocycles. The number of aromatic nitrogens is 2. The van der Waals surface area contributed by atoms with Crippen LogP contribution < -0.4 is 15.4 Å². The lowest BCUT2D eigenvalue weighted by molar-refractivity contribution is 0.0820. The average Bonchev–Trinajstić information content (AvgIpc) is 2.60. The Hall–Kier alpha value is -3.10. The van der Waals surface area contributed by atoms with E-state index in [2.05, 4.69) is 20.6 Å². The number of hydrogen-bond acceptors (Lipinski definition) is 5. The zero-order valence-corrected chi connectivity index (χ0v) is 12.6. The highest BCUT2D eigenvalue weighted by molar-refractivity contribution is 6.04. The van der Waals surface area contributed by atoms with E-state index in [9.17, 15) is 18.4 Å². The number of rotatable bonds is 6. The van der Waals surface area contributed by atoms with Crippen LogP contribution in [-0.4, -0.2) is 41.9 Å². The highest BCUT2D eigenvalue weighted by atomic mass is 19.3. The van der Waals surface area contributed by atoms with Crippen molar-refractivity contribution in [2.24, 2.45) is 0 Å². The van der Waals surface area contributed by atoms with Gasteiger partial charge < -0.3 is 15.4 Å². The molecule has 24 heavy (non-hydrogen) atoms. The van der Waals surface area contributed by atoms with Crippen molar-refractivity contribution in [3.8, 4) is 5.75 Å². The van der Waals surface area contributed by atoms with Crippen LogP contribution in [-0.2, 0) is 0 Å². The predicted octanol–water partition coefficient (Wildman–Crippen LogP) is 1.73. The zero-order chi connectivity index (χ0) is 17.5. The molecule has 0 bridgehead atoms. The summed E-state index contributed by atoms with van der Waals surface area (Å²) >= 11 is 0. The van der Waals surface area contributed by atoms with Gasteiger partial charge in [-0.1, -0.05) is 0 Å². The van der Waals surface area contributed by atoms with Crippen LogP contribution in [0.1, 0.15) is 20.8 Å². The van der Waals surface area contributed by atoms with Gasteiger partial charge in [-0.25, -0.2) is 13.8 Å². The van der Waals surface area contributed by atoms with E-state index in [1.807, 2.05) is 0 Å². The molecule has 0 aliphatic rings. The van der Waals surface area contributed by atoms with Crippen LogP contribution in [0.3, 0.4) is 0 Å². The summed E-state index contributed by atoms with van der Waals surface area (Å²) in [6.07, 6.45) is -0.0319. The second-order valence-electron chi connectivity index (χ2n) is 4.52. The Morgan fingerprint density at radius 1 is 1.21 bits per heavy atom. The van der Waals surface area contributed by atoms with Gasteiger partial charge in [-0.05, 0) is 24.3 Å². The van der Waals surface area contributed by atoms with Crippen molar-refractivity contribution in [1.82, 2.24) is 15.3 Å². The van der Waals surface area contributed by atoms with Crippen molar-refractivity contribution >= 4 is 17.6 Å². The van der Waals surface area contributed by atoms with E-state index < -0.39 is 18.9 Å². The topological polar surface area (TPSA) is 93.2 Å². The third kappa shape index (κ3) is 4.45. The van der Waals surface area contributed by atoms with Crippen molar-refractivity contribution in [2.75, 3.05) is 19.0 Å². The van der Waals surface area contributed by atoms with E-state index in [-0.39, 0.29) is 28.7 Å². The minimum absolute atomic E-state index is 0.0125. The van der Waals surface area contributed by atoms with Crippen molar-refractivity contribution in [1.29, 1.82) is 0 Å². The standard InChI is InChI=1S/C15H14F2N4O3/c1-18-15(23)10-5-4-9(7-20-10)14(22)21-13-11(3-2-6-19-13)24-8-12(16)17/h2-7,12H,8H2,1H3,(H,18,23)(H,19,21,22). The van der Waals surface area contributed by atoms with E-state index in [0.717, 1.165) is 0 Å². The summed E-state index contributed by atoms with van der Waals surface area (Å²) in [6, 6.07) is 5.71. The number of halogens is 2. The molecule has 126 valence electrons. The molecule has 0 saturated heterocycles. The van der Waals surface area contributed by atoms with Crippen LogP contribution >= 0.6 is 0 Å². The van der Waals surface area contributed by atoms with Gasteiger partial charge in [0.1, 0.15) is 12.3 Å². The molecule has 0 unspecified atom stereocenters. The van der Waals surface area contributed by atoms with Gasteiger partial charge in [-0.15, -0.1) is 0 Å². The van der Waals surface area contributed by atoms with E-state index in [4.69, 9.17) is 4.74 Å². The quantitative estimate of drug-likeness (QED) is 0.838. The third-order valence-corrected chi connectivity index (χ3v) is 2.85. The summed E-state index contributed by atoms with van der Waals surface area (Å²) < 4.78 is 29.4. The first-order valence-electron chi connectivity index (χ1n) is 6.86. The van der Waals surface area contributed by atoms with Gasteiger partial charge in [0, 0.05) is 19.4 Å². The first kappa shape index (κ1) is 17.3. The minimum atomic E-state index is -2.64. The Bertz CT molecular complexity index is 723. The highest BCUT2D eigenvalue weighted by Crippen LogP contribution is 2.22. The van der Waals surface area contributed by atoms with Gasteiger partial charge in [0.05, 0.1) is 5.56 Å². The Morgan fingerprint density at radius 2 is 2.00 bits per heavy atom. The van der Waals surface area contributed by atoms with Crippen LogP contribution in [0.5, 0.6) is 5.75 Å². The maximum atomic E-state index is 12.2. The number of pyridine rings is 2. The molecule has 0 aliphatic carbocycles. The Balaban J connectivity index is 2.10. The summed E-state index contributed by atoms with van der Waals surface area (Å²) in [6.45, 7) is -0.809. The molecule has 7 nitrogen and oxygen atoms in total. The Kier molecular flexibility index (Phi) is 5.72. The van der Waals surface area contributed by atoms with E-state index in [1.54, 1.807) is 0 Å². The van der Waals surface area contributed by atoms with Gasteiger partial charge in [-0.3, -0.25) is 14.6 Å². The molecule has 2 rings (SSSR count). The van der Waals surface area contributed by atoms with Crippen molar-refractivity contribution in [3.63, 3.8) is 0 Å². The molecule has 9 heteroatoms. The fourth-order valence-electron chi connectivity index (χ4n) is 1.72. The molecule has 2 N–H and O–H groups in total. The molecule has 2 amide bonds. The van der Waals surface area contributed by atoms with E-state index >= 15 is 0 Å². The summed E-state index contributed by atoms with van der Waals surface area (Å²) in [5.74, 6) is -0.902. The SMILES string of the molecule is CNC(=O)c1ccc(C(=O)Nc2ncccc2OCC(F)F)cn1. The number of nitrogens with zero attached hydrogens (tertiary/aromatic N) is 2. The van der Waals surface area contributed by atoms with Gasteiger partial charge >= 0.3 is 0 Å². The van der Waals surface area contributed by atoms with Crippen LogP contribution in [0, 0.1) is 0 Å². The van der Waals surface area contributed by atoms with Gasteiger partial charge in [0.25, 0.3) is 18.2 Å². The summed E-state index contributed by atoms with van der Waals surface area (Å²) in [5.41, 5.74) is 0.334. The summed E-state index contributed by atoms with van der Waals surface area (Å²) in [4.78, 5) is 31.3. The maximum Gasteiger partial charge on any atom is 0.272 e. The number of ether oxygens (including phenoxy) is 1. The summed E-state index contributed by atoms with van der Waals surface area (Å²) in [7, 11) is 1.46. The number of amides is 2. The van der Waals surface area contributed by atoms with Gasteiger partial charge in [-0.2, -0.15) is 0 Å². The van der Waals surface area contributed by atoms with Gasteiger partial charge in [0.15, 0.2) is 11.6 Å². The number of nitrogens with one attached hydrogen (secondary N) is 2. The highest BCUT2D eigenvalue weighted by Gasteiger charge is 2.14. The monoisotopic (exact) mass is 336 g/mol. The van der Waals surface area contributed by atoms with Crippen LogP contribution in [0.2, 0.25) is 0 Å². The average molecular weight is 336 g/mol. The fraction of sp³-hybridized carbons (Fsp3) is 0.200. The normalized spacial score (nSPS) is 10.3. The first-order chi connectivity index (χ1) is 11.5. The smallest absolute Gasteiger partial charge is 0.272 e. The second-order valence-corrected chi connectivity index (χ2v) is 4.52. The maximum absolute atomic E-state index is 12.2. The molecule has 2 aromatic rings. The molecule has 0 aliphatic heterocycles. The molecule has 0 radical (unpaired) electrons. The summed E-state index contributed by atoms with van der Waals surface area (Å²) in [5, 5.41) is 4.86. The number of alkyl halides is 2. The molecular formula is C15H14F2N4O3. The Morgan fingerprint density at radius 3 is 2.62 bits per heavy atom. The molecule has 2 aromatic heterocycles. The lowest BCUT2D eigenvalue weighted by atomic mass is 10.2. The van der Waals surface area contributed by atoms with Crippen LogP contribution in [0.15, 0.2) is 36.7 Å². The van der Waals surface area contributed by atoms with E-state index in [0.29, 0.717) is 0 Å². The first-order valence-corrected chi connectivity index (χ1v) is 6.86. The number of hydrogen-bond donors (Lipinski definition) is 2. The minimum Gasteiger partial charge on any atom is -0.484 e. The molecule has 0 saturated carbocycles. The van der Waals surface area contributed by atoms with E-state index in [1.165, 1.54) is 43.7 Å². The molecule has 0 atom stereocenters. The second kappa shape index (κ2) is 7.95. The third-order valence-electron chi connectivity index (χ3n) is 2.85. The zero-order valence-electron chi connectivity index (χ0n) is 12.6. The largest absolute Gasteiger partial charge is 0.484 e. The lowest BCUT2D eigenvalue weighted by Crippen LogP contribution is -2.20. The van der Waals surface area contributed by atoms with Crippen molar-refractivity contribution in [3.05, 3.63) is 47.9 Å². The number of anilines is 1. The van der Waals surface area contributed by atoms with Crippen molar-refractivity contribution < 1.29 is 23.1 Å². The Labute approximate surface area is 136 Å². The molecule has 0 spiro atoms. The van der Waals surface area contributed by atoms with Crippen LogP contribution in [0.4, 0.5) is 14.6 Å². The predicted molar refractivity (Wildman–Crippen MR) is 81.3 cm³/mol. The lowest BCUT2D eigenvalue weighted by Gasteiger charge is -2.11. The van der Waals surface area contributed by atoms with Crippen molar-refractivity contribution in [2.45, 2.75) is 6.43 Å². The number of carbonyl (C=O) groups is 2. The number of carbonyl (C=O) groups excluding carboxylic acids is 2. The van der Waals surface area contributed by atoms with Crippen LogP contribution in [0.25, 0.3) is 0 Å². The molecule has 0 fully saturated rings. The van der Waals surface area contributed by atoms with Gasteiger partial charge in [0.2, 0.25) is 0 Å². The molecule has 2 heterocycles. The fourth-order valence-corrected chi connectivity index (χ4v) is 1.72.